The summed E-state index contributed by atoms with van der Waals surface area (Å²) in [6, 6.07) is 5.63. The maximum absolute atomic E-state index is 12.7. The van der Waals surface area contributed by atoms with Crippen LogP contribution in [0.4, 0.5) is 10.1 Å². The van der Waals surface area contributed by atoms with Crippen molar-refractivity contribution in [3.8, 4) is 0 Å². The average molecular weight is 294 g/mol. The van der Waals surface area contributed by atoms with E-state index >= 15 is 0 Å². The Morgan fingerprint density at radius 3 is 2.70 bits per heavy atom. The molecule has 0 radical (unpaired) electrons. The minimum Gasteiger partial charge on any atom is -0.325 e. The molecule has 1 aromatic heterocycles. The minimum atomic E-state index is -0.334. The first-order valence-electron chi connectivity index (χ1n) is 6.15. The monoisotopic (exact) mass is 294 g/mol. The minimum absolute atomic E-state index is 0.183. The van der Waals surface area contributed by atoms with Gasteiger partial charge in [0.05, 0.1) is 5.75 Å². The fourth-order valence-corrected chi connectivity index (χ4v) is 2.05. The number of aromatic amines is 1. The number of amides is 1. The third-order valence-electron chi connectivity index (χ3n) is 2.49. The van der Waals surface area contributed by atoms with Gasteiger partial charge in [0, 0.05) is 11.6 Å². The highest BCUT2D eigenvalue weighted by Crippen LogP contribution is 2.16. The van der Waals surface area contributed by atoms with Gasteiger partial charge in [-0.05, 0) is 24.3 Å². The summed E-state index contributed by atoms with van der Waals surface area (Å²) in [7, 11) is 0. The molecule has 5 nitrogen and oxygen atoms in total. The van der Waals surface area contributed by atoms with Crippen LogP contribution in [-0.4, -0.2) is 26.8 Å². The molecular weight excluding hydrogens is 279 g/mol. The third-order valence-corrected chi connectivity index (χ3v) is 3.34. The highest BCUT2D eigenvalue weighted by atomic mass is 32.2. The van der Waals surface area contributed by atoms with Gasteiger partial charge in [-0.25, -0.2) is 9.37 Å². The molecule has 20 heavy (non-hydrogen) atoms. The van der Waals surface area contributed by atoms with Crippen molar-refractivity contribution in [1.29, 1.82) is 0 Å². The largest absolute Gasteiger partial charge is 0.325 e. The number of halogens is 1. The molecule has 2 aromatic rings. The lowest BCUT2D eigenvalue weighted by Crippen LogP contribution is -2.14. The van der Waals surface area contributed by atoms with E-state index in [1.807, 2.05) is 13.8 Å². The number of H-pyrrole nitrogens is 1. The number of thioether (sulfide) groups is 1. The molecule has 0 atom stereocenters. The van der Waals surface area contributed by atoms with Crippen LogP contribution in [0.3, 0.4) is 0 Å². The van der Waals surface area contributed by atoms with Crippen LogP contribution in [0.25, 0.3) is 0 Å². The smallest absolute Gasteiger partial charge is 0.234 e. The van der Waals surface area contributed by atoms with Crippen LogP contribution < -0.4 is 5.32 Å². The normalized spacial score (nSPS) is 10.8. The third kappa shape index (κ3) is 4.06. The zero-order chi connectivity index (χ0) is 14.5. The van der Waals surface area contributed by atoms with E-state index in [0.29, 0.717) is 10.8 Å². The van der Waals surface area contributed by atoms with Crippen LogP contribution in [0.2, 0.25) is 0 Å². The van der Waals surface area contributed by atoms with Gasteiger partial charge in [-0.1, -0.05) is 25.6 Å². The number of carbonyl (C=O) groups excluding carboxylic acids is 1. The summed E-state index contributed by atoms with van der Waals surface area (Å²) in [6.45, 7) is 4.02. The molecule has 0 bridgehead atoms. The Balaban J connectivity index is 1.84. The van der Waals surface area contributed by atoms with Crippen LogP contribution in [0, 0.1) is 5.82 Å². The summed E-state index contributed by atoms with van der Waals surface area (Å²) in [5.41, 5.74) is 0.565. The Labute approximate surface area is 120 Å². The van der Waals surface area contributed by atoms with Crippen molar-refractivity contribution < 1.29 is 9.18 Å². The number of anilines is 1. The van der Waals surface area contributed by atoms with Crippen LogP contribution in [0.15, 0.2) is 29.4 Å². The Morgan fingerprint density at radius 1 is 1.40 bits per heavy atom. The molecule has 0 aliphatic carbocycles. The average Bonchev–Trinajstić information content (AvgIpc) is 2.88. The molecule has 0 aliphatic heterocycles. The highest BCUT2D eigenvalue weighted by Gasteiger charge is 2.09. The zero-order valence-electron chi connectivity index (χ0n) is 11.2. The van der Waals surface area contributed by atoms with Crippen LogP contribution >= 0.6 is 11.8 Å². The molecule has 2 rings (SSSR count). The SMILES string of the molecule is CC(C)c1nc(SCC(=O)Nc2ccc(F)cc2)n[nH]1. The van der Waals surface area contributed by atoms with Crippen LogP contribution in [0.1, 0.15) is 25.6 Å². The number of nitrogens with one attached hydrogen (secondary N) is 2. The summed E-state index contributed by atoms with van der Waals surface area (Å²) in [5, 5.41) is 10.1. The number of nitrogens with zero attached hydrogens (tertiary/aromatic N) is 2. The van der Waals surface area contributed by atoms with Gasteiger partial charge in [0.1, 0.15) is 11.6 Å². The molecule has 1 amide bonds. The molecular formula is C13H15FN4OS. The molecule has 0 aliphatic rings. The number of rotatable bonds is 5. The van der Waals surface area contributed by atoms with Gasteiger partial charge in [0.25, 0.3) is 0 Å². The number of aromatic nitrogens is 3. The Bertz CT molecular complexity index is 582. The van der Waals surface area contributed by atoms with E-state index in [4.69, 9.17) is 0 Å². The van der Waals surface area contributed by atoms with Gasteiger partial charge in [-0.3, -0.25) is 9.89 Å². The molecule has 0 unspecified atom stereocenters. The maximum Gasteiger partial charge on any atom is 0.234 e. The quantitative estimate of drug-likeness (QED) is 0.832. The highest BCUT2D eigenvalue weighted by molar-refractivity contribution is 7.99. The molecule has 0 saturated heterocycles. The summed E-state index contributed by atoms with van der Waals surface area (Å²) >= 11 is 1.25. The molecule has 1 heterocycles. The molecule has 7 heteroatoms. The van der Waals surface area contributed by atoms with E-state index in [9.17, 15) is 9.18 Å². The first-order valence-corrected chi connectivity index (χ1v) is 7.13. The van der Waals surface area contributed by atoms with Crippen LogP contribution in [-0.2, 0) is 4.79 Å². The lowest BCUT2D eigenvalue weighted by atomic mass is 10.2. The van der Waals surface area contributed by atoms with Crippen LogP contribution in [0.5, 0.6) is 0 Å². The second kappa shape index (κ2) is 6.51. The van der Waals surface area contributed by atoms with E-state index in [-0.39, 0.29) is 23.4 Å². The summed E-state index contributed by atoms with van der Waals surface area (Å²) in [5.74, 6) is 0.750. The van der Waals surface area contributed by atoms with Gasteiger partial charge in [-0.15, -0.1) is 5.10 Å². The predicted molar refractivity (Wildman–Crippen MR) is 76.2 cm³/mol. The second-order valence-corrected chi connectivity index (χ2v) is 5.44. The van der Waals surface area contributed by atoms with Crippen molar-refractivity contribution >= 4 is 23.4 Å². The zero-order valence-corrected chi connectivity index (χ0v) is 12.0. The Kier molecular flexibility index (Phi) is 4.73. The van der Waals surface area contributed by atoms with Gasteiger partial charge >= 0.3 is 0 Å². The van der Waals surface area contributed by atoms with Crippen molar-refractivity contribution in [3.63, 3.8) is 0 Å². The predicted octanol–water partition coefficient (Wildman–Crippen LogP) is 2.80. The lowest BCUT2D eigenvalue weighted by molar-refractivity contribution is -0.113. The van der Waals surface area contributed by atoms with Gasteiger partial charge < -0.3 is 5.32 Å². The first kappa shape index (κ1) is 14.5. The van der Waals surface area contributed by atoms with E-state index in [1.54, 1.807) is 0 Å². The van der Waals surface area contributed by atoms with Crippen molar-refractivity contribution in [2.75, 3.05) is 11.1 Å². The lowest BCUT2D eigenvalue weighted by Gasteiger charge is -2.03. The van der Waals surface area contributed by atoms with E-state index in [0.717, 1.165) is 5.82 Å². The topological polar surface area (TPSA) is 70.7 Å². The summed E-state index contributed by atoms with van der Waals surface area (Å²) < 4.78 is 12.7. The fourth-order valence-electron chi connectivity index (χ4n) is 1.44. The number of benzene rings is 1. The molecule has 0 fully saturated rings. The van der Waals surface area contributed by atoms with Gasteiger partial charge in [0.2, 0.25) is 11.1 Å². The molecule has 2 N–H and O–H groups in total. The van der Waals surface area contributed by atoms with E-state index in [2.05, 4.69) is 20.5 Å². The standard InChI is InChI=1S/C13H15FN4OS/c1-8(2)12-16-13(18-17-12)20-7-11(19)15-10-5-3-9(14)4-6-10/h3-6,8H,7H2,1-2H3,(H,15,19)(H,16,17,18). The van der Waals surface area contributed by atoms with Crippen molar-refractivity contribution in [1.82, 2.24) is 15.2 Å². The molecule has 0 spiro atoms. The maximum atomic E-state index is 12.7. The Morgan fingerprint density at radius 2 is 2.10 bits per heavy atom. The van der Waals surface area contributed by atoms with E-state index < -0.39 is 0 Å². The van der Waals surface area contributed by atoms with Crippen molar-refractivity contribution in [2.24, 2.45) is 0 Å². The van der Waals surface area contributed by atoms with Crippen molar-refractivity contribution in [2.45, 2.75) is 24.9 Å². The number of hydrogen-bond donors (Lipinski definition) is 2. The number of carbonyl (C=O) groups is 1. The number of hydrogen-bond acceptors (Lipinski definition) is 4. The molecule has 0 saturated carbocycles. The summed E-state index contributed by atoms with van der Waals surface area (Å²) in [6.07, 6.45) is 0. The van der Waals surface area contributed by atoms with Crippen molar-refractivity contribution in [3.05, 3.63) is 35.9 Å². The van der Waals surface area contributed by atoms with Gasteiger partial charge in [-0.2, -0.15) is 0 Å². The molecule has 1 aromatic carbocycles. The molecule has 106 valence electrons. The van der Waals surface area contributed by atoms with Gasteiger partial charge in [0.15, 0.2) is 0 Å². The summed E-state index contributed by atoms with van der Waals surface area (Å²) in [4.78, 5) is 16.0. The van der Waals surface area contributed by atoms with E-state index in [1.165, 1.54) is 36.0 Å². The first-order chi connectivity index (χ1) is 9.54. The fraction of sp³-hybridized carbons (Fsp3) is 0.308. The Hall–Kier alpha value is -1.89. The second-order valence-electron chi connectivity index (χ2n) is 4.50.